The number of rotatable bonds is 9. The molecule has 0 bridgehead atoms. The number of carbonyl (C=O) groups is 2. The van der Waals surface area contributed by atoms with Gasteiger partial charge >= 0.3 is 5.97 Å². The first-order valence-corrected chi connectivity index (χ1v) is 12.5. The minimum absolute atomic E-state index is 0.0697. The summed E-state index contributed by atoms with van der Waals surface area (Å²) in [6, 6.07) is 18.3. The summed E-state index contributed by atoms with van der Waals surface area (Å²) in [4.78, 5) is 23.6. The fraction of sp³-hybridized carbons (Fsp3) is 0.154. The van der Waals surface area contributed by atoms with E-state index in [1.165, 1.54) is 18.2 Å². The van der Waals surface area contributed by atoms with Crippen LogP contribution in [0.3, 0.4) is 0 Å². The zero-order valence-electron chi connectivity index (χ0n) is 19.2. The van der Waals surface area contributed by atoms with E-state index in [4.69, 9.17) is 16.7 Å². The molecule has 0 aliphatic rings. The maximum absolute atomic E-state index is 13.5. The second kappa shape index (κ2) is 11.2. The SMILES string of the molecule is Cc1ccc(S(=O)(=O)N(CC(=O)NCc2ccc(C=CC(=O)O)cc2)c2cccc(Cl)c2C)cc1. The molecule has 3 rings (SSSR count). The lowest BCUT2D eigenvalue weighted by atomic mass is 10.1. The number of carboxylic acids is 1. The van der Waals surface area contributed by atoms with Gasteiger partial charge in [0.25, 0.3) is 10.0 Å². The Morgan fingerprint density at radius 2 is 1.66 bits per heavy atom. The van der Waals surface area contributed by atoms with E-state index in [1.807, 2.05) is 6.92 Å². The number of benzene rings is 3. The van der Waals surface area contributed by atoms with E-state index in [-0.39, 0.29) is 11.4 Å². The number of halogens is 1. The summed E-state index contributed by atoms with van der Waals surface area (Å²) >= 11 is 6.25. The molecule has 0 saturated heterocycles. The third-order valence-electron chi connectivity index (χ3n) is 5.29. The monoisotopic (exact) mass is 512 g/mol. The zero-order chi connectivity index (χ0) is 25.6. The highest BCUT2D eigenvalue weighted by molar-refractivity contribution is 7.92. The summed E-state index contributed by atoms with van der Waals surface area (Å²) in [5, 5.41) is 11.9. The quantitative estimate of drug-likeness (QED) is 0.409. The Labute approximate surface area is 209 Å². The molecule has 0 heterocycles. The van der Waals surface area contributed by atoms with Gasteiger partial charge in [-0.1, -0.05) is 59.6 Å². The van der Waals surface area contributed by atoms with Crippen LogP contribution in [0.4, 0.5) is 5.69 Å². The number of hydrogen-bond donors (Lipinski definition) is 2. The first kappa shape index (κ1) is 26.0. The average molecular weight is 513 g/mol. The van der Waals surface area contributed by atoms with E-state index in [1.54, 1.807) is 61.5 Å². The van der Waals surface area contributed by atoms with E-state index in [0.29, 0.717) is 21.8 Å². The number of nitrogens with one attached hydrogen (secondary N) is 1. The molecule has 9 heteroatoms. The van der Waals surface area contributed by atoms with Crippen LogP contribution >= 0.6 is 11.6 Å². The van der Waals surface area contributed by atoms with Crippen molar-refractivity contribution in [3.63, 3.8) is 0 Å². The predicted molar refractivity (Wildman–Crippen MR) is 137 cm³/mol. The van der Waals surface area contributed by atoms with E-state index in [9.17, 15) is 18.0 Å². The van der Waals surface area contributed by atoms with Gasteiger partial charge in [0.2, 0.25) is 5.91 Å². The Bertz CT molecular complexity index is 1350. The number of carboxylic acid groups (broad SMARTS) is 1. The fourth-order valence-electron chi connectivity index (χ4n) is 3.30. The molecule has 0 aromatic heterocycles. The largest absolute Gasteiger partial charge is 0.478 e. The number of amides is 1. The molecule has 0 aliphatic carbocycles. The number of sulfonamides is 1. The Morgan fingerprint density at radius 1 is 1.00 bits per heavy atom. The third-order valence-corrected chi connectivity index (χ3v) is 7.48. The number of carbonyl (C=O) groups excluding carboxylic acids is 1. The van der Waals surface area contributed by atoms with Crippen molar-refractivity contribution in [3.05, 3.63) is 100 Å². The molecule has 0 aliphatic heterocycles. The smallest absolute Gasteiger partial charge is 0.328 e. The van der Waals surface area contributed by atoms with E-state index in [0.717, 1.165) is 21.5 Å². The molecule has 3 aromatic carbocycles. The molecule has 3 aromatic rings. The summed E-state index contributed by atoms with van der Waals surface area (Å²) < 4.78 is 28.1. The molecule has 1 amide bonds. The van der Waals surface area contributed by atoms with E-state index in [2.05, 4.69) is 5.32 Å². The van der Waals surface area contributed by atoms with Crippen molar-refractivity contribution >= 4 is 45.3 Å². The maximum atomic E-state index is 13.5. The zero-order valence-corrected chi connectivity index (χ0v) is 20.8. The highest BCUT2D eigenvalue weighted by Crippen LogP contribution is 2.30. The van der Waals surface area contributed by atoms with Gasteiger partial charge in [0, 0.05) is 17.6 Å². The highest BCUT2D eigenvalue weighted by atomic mass is 35.5. The lowest BCUT2D eigenvalue weighted by molar-refractivity contribution is -0.131. The molecular formula is C26H25ClN2O5S. The molecule has 0 fully saturated rings. The maximum Gasteiger partial charge on any atom is 0.328 e. The molecule has 0 radical (unpaired) electrons. The molecular weight excluding hydrogens is 488 g/mol. The van der Waals surface area contributed by atoms with E-state index < -0.39 is 28.4 Å². The average Bonchev–Trinajstić information content (AvgIpc) is 2.82. The summed E-state index contributed by atoms with van der Waals surface area (Å²) in [7, 11) is -4.05. The minimum atomic E-state index is -4.05. The van der Waals surface area contributed by atoms with Crippen molar-refractivity contribution in [3.8, 4) is 0 Å². The van der Waals surface area contributed by atoms with Crippen molar-refractivity contribution in [2.24, 2.45) is 0 Å². The second-order valence-electron chi connectivity index (χ2n) is 7.90. The Balaban J connectivity index is 1.81. The van der Waals surface area contributed by atoms with Crippen LogP contribution < -0.4 is 9.62 Å². The van der Waals surface area contributed by atoms with Crippen molar-refractivity contribution in [1.29, 1.82) is 0 Å². The fourth-order valence-corrected chi connectivity index (χ4v) is 4.95. The summed E-state index contributed by atoms with van der Waals surface area (Å²) in [5.41, 5.74) is 3.26. The molecule has 2 N–H and O–H groups in total. The molecule has 0 atom stereocenters. The first-order valence-electron chi connectivity index (χ1n) is 10.7. The number of nitrogens with zero attached hydrogens (tertiary/aromatic N) is 1. The number of anilines is 1. The van der Waals surface area contributed by atoms with Crippen LogP contribution in [0.1, 0.15) is 22.3 Å². The highest BCUT2D eigenvalue weighted by Gasteiger charge is 2.28. The standard InChI is InChI=1S/C26H25ClN2O5S/c1-18-6-13-22(14-7-18)35(33,34)29(24-5-3-4-23(27)19(24)2)17-25(30)28-16-21-10-8-20(9-11-21)12-15-26(31)32/h3-15H,16-17H2,1-2H3,(H,28,30)(H,31,32). The summed E-state index contributed by atoms with van der Waals surface area (Å²) in [6.07, 6.45) is 2.50. The summed E-state index contributed by atoms with van der Waals surface area (Å²) in [5.74, 6) is -1.53. The lowest BCUT2D eigenvalue weighted by Crippen LogP contribution is -2.41. The van der Waals surface area contributed by atoms with Crippen LogP contribution in [0.2, 0.25) is 5.02 Å². The van der Waals surface area contributed by atoms with Crippen LogP contribution in [-0.4, -0.2) is 31.9 Å². The van der Waals surface area contributed by atoms with Crippen LogP contribution in [0.15, 0.2) is 77.7 Å². The van der Waals surface area contributed by atoms with Gasteiger partial charge in [-0.05, 0) is 60.9 Å². The van der Waals surface area contributed by atoms with Crippen molar-refractivity contribution in [1.82, 2.24) is 5.32 Å². The number of hydrogen-bond acceptors (Lipinski definition) is 4. The third kappa shape index (κ3) is 6.71. The molecule has 35 heavy (non-hydrogen) atoms. The van der Waals surface area contributed by atoms with Gasteiger partial charge in [-0.2, -0.15) is 0 Å². The summed E-state index contributed by atoms with van der Waals surface area (Å²) in [6.45, 7) is 3.30. The Morgan fingerprint density at radius 3 is 2.29 bits per heavy atom. The van der Waals surface area contributed by atoms with Crippen LogP contribution in [0.25, 0.3) is 6.08 Å². The Kier molecular flexibility index (Phi) is 8.32. The molecule has 182 valence electrons. The number of aliphatic carboxylic acids is 1. The molecule has 7 nitrogen and oxygen atoms in total. The molecule has 0 spiro atoms. The van der Waals surface area contributed by atoms with Crippen molar-refractivity contribution in [2.45, 2.75) is 25.3 Å². The van der Waals surface area contributed by atoms with Gasteiger partial charge in [-0.25, -0.2) is 13.2 Å². The van der Waals surface area contributed by atoms with Gasteiger partial charge in [0.05, 0.1) is 10.6 Å². The minimum Gasteiger partial charge on any atom is -0.478 e. The normalized spacial score (nSPS) is 11.4. The second-order valence-corrected chi connectivity index (χ2v) is 10.2. The van der Waals surface area contributed by atoms with E-state index >= 15 is 0 Å². The molecule has 0 saturated carbocycles. The van der Waals surface area contributed by atoms with Crippen molar-refractivity contribution < 1.29 is 23.1 Å². The molecule has 0 unspecified atom stereocenters. The van der Waals surface area contributed by atoms with Crippen LogP contribution in [0.5, 0.6) is 0 Å². The number of aryl methyl sites for hydroxylation is 1. The van der Waals surface area contributed by atoms with Gasteiger partial charge in [-0.3, -0.25) is 9.10 Å². The lowest BCUT2D eigenvalue weighted by Gasteiger charge is -2.26. The van der Waals surface area contributed by atoms with Crippen LogP contribution in [0, 0.1) is 13.8 Å². The van der Waals surface area contributed by atoms with Crippen LogP contribution in [-0.2, 0) is 26.2 Å². The van der Waals surface area contributed by atoms with Gasteiger partial charge < -0.3 is 10.4 Å². The van der Waals surface area contributed by atoms with Crippen molar-refractivity contribution in [2.75, 3.05) is 10.8 Å². The van der Waals surface area contributed by atoms with Gasteiger partial charge in [0.1, 0.15) is 6.54 Å². The first-order chi connectivity index (χ1) is 16.6. The topological polar surface area (TPSA) is 104 Å². The predicted octanol–water partition coefficient (Wildman–Crippen LogP) is 4.57. The van der Waals surface area contributed by atoms with Gasteiger partial charge in [0.15, 0.2) is 0 Å². The van der Waals surface area contributed by atoms with Gasteiger partial charge in [-0.15, -0.1) is 0 Å². The Hall–Kier alpha value is -3.62.